The number of hydroxylamine groups is 1. The lowest BCUT2D eigenvalue weighted by molar-refractivity contribution is -0.116. The first-order valence-corrected chi connectivity index (χ1v) is 6.53. The molecule has 2 N–H and O–H groups in total. The van der Waals surface area contributed by atoms with Crippen LogP contribution in [0.2, 0.25) is 0 Å². The van der Waals surface area contributed by atoms with Gasteiger partial charge in [-0.3, -0.25) is 9.59 Å². The molecule has 112 valence electrons. The second-order valence-corrected chi connectivity index (χ2v) is 4.37. The minimum atomic E-state index is -0.767. The van der Waals surface area contributed by atoms with Crippen LogP contribution in [0.1, 0.15) is 21.5 Å². The number of rotatable bonds is 6. The third-order valence-electron chi connectivity index (χ3n) is 2.89. The molecule has 0 spiro atoms. The summed E-state index contributed by atoms with van der Waals surface area (Å²) in [4.78, 5) is 37.6. The number of amides is 2. The minimum absolute atomic E-state index is 0.0605. The maximum atomic E-state index is 12.2. The highest BCUT2D eigenvalue weighted by Gasteiger charge is 2.08. The molecular formula is C16H14N2O4. The van der Waals surface area contributed by atoms with Gasteiger partial charge in [-0.05, 0) is 5.56 Å². The summed E-state index contributed by atoms with van der Waals surface area (Å²) in [7, 11) is 0. The van der Waals surface area contributed by atoms with Crippen LogP contribution in [0.15, 0.2) is 54.6 Å². The van der Waals surface area contributed by atoms with Gasteiger partial charge in [-0.25, -0.2) is 4.79 Å². The Kier molecular flexibility index (Phi) is 5.25. The summed E-state index contributed by atoms with van der Waals surface area (Å²) in [5.74, 6) is -0.0605. The third-order valence-corrected chi connectivity index (χ3v) is 2.89. The maximum Gasteiger partial charge on any atom is 0.431 e. The fourth-order valence-corrected chi connectivity index (χ4v) is 1.82. The average Bonchev–Trinajstić information content (AvgIpc) is 2.58. The Morgan fingerprint density at radius 3 is 2.23 bits per heavy atom. The average molecular weight is 298 g/mol. The molecule has 2 rings (SSSR count). The van der Waals surface area contributed by atoms with Gasteiger partial charge in [0.05, 0.1) is 0 Å². The Balaban J connectivity index is 1.94. The van der Waals surface area contributed by atoms with E-state index in [9.17, 15) is 14.4 Å². The van der Waals surface area contributed by atoms with Gasteiger partial charge >= 0.3 is 6.09 Å². The Morgan fingerprint density at radius 2 is 1.59 bits per heavy atom. The molecule has 0 atom stereocenters. The van der Waals surface area contributed by atoms with Gasteiger partial charge in [-0.1, -0.05) is 54.6 Å². The van der Waals surface area contributed by atoms with Crippen LogP contribution in [0, 0.1) is 0 Å². The zero-order valence-electron chi connectivity index (χ0n) is 11.6. The number of carbonyl (C=O) groups is 3. The summed E-state index contributed by atoms with van der Waals surface area (Å²) in [6.45, 7) is 0.221. The SMILES string of the molecule is O=CNOC(=O)NCc1ccc(C(=O)c2ccccc2)cc1. The van der Waals surface area contributed by atoms with Crippen LogP contribution in [0.5, 0.6) is 0 Å². The van der Waals surface area contributed by atoms with Crippen LogP contribution >= 0.6 is 0 Å². The molecule has 6 heteroatoms. The van der Waals surface area contributed by atoms with Gasteiger partial charge in [0.25, 0.3) is 0 Å². The van der Waals surface area contributed by atoms with Gasteiger partial charge in [0, 0.05) is 17.7 Å². The number of carbonyl (C=O) groups excluding carboxylic acids is 3. The highest BCUT2D eigenvalue weighted by molar-refractivity contribution is 6.08. The minimum Gasteiger partial charge on any atom is -0.322 e. The van der Waals surface area contributed by atoms with Crippen molar-refractivity contribution in [3.63, 3.8) is 0 Å². The predicted molar refractivity (Wildman–Crippen MR) is 78.8 cm³/mol. The van der Waals surface area contributed by atoms with Crippen LogP contribution < -0.4 is 10.8 Å². The molecule has 0 unspecified atom stereocenters. The fraction of sp³-hybridized carbons (Fsp3) is 0.0625. The van der Waals surface area contributed by atoms with Gasteiger partial charge in [0.2, 0.25) is 6.41 Å². The van der Waals surface area contributed by atoms with E-state index in [2.05, 4.69) is 10.2 Å². The molecule has 0 heterocycles. The summed E-state index contributed by atoms with van der Waals surface area (Å²) in [6.07, 6.45) is -0.514. The zero-order chi connectivity index (χ0) is 15.8. The second-order valence-electron chi connectivity index (χ2n) is 4.37. The topological polar surface area (TPSA) is 84.5 Å². The van der Waals surface area contributed by atoms with Gasteiger partial charge in [0.1, 0.15) is 0 Å². The molecule has 0 bridgehead atoms. The summed E-state index contributed by atoms with van der Waals surface area (Å²) >= 11 is 0. The molecule has 0 aromatic heterocycles. The third kappa shape index (κ3) is 4.17. The number of ketones is 1. The molecule has 6 nitrogen and oxygen atoms in total. The predicted octanol–water partition coefficient (Wildman–Crippen LogP) is 1.80. The molecule has 2 aromatic rings. The Hall–Kier alpha value is -3.15. The van der Waals surface area contributed by atoms with Gasteiger partial charge in [-0.15, -0.1) is 0 Å². The largest absolute Gasteiger partial charge is 0.431 e. The Bertz CT molecular complexity index is 654. The Morgan fingerprint density at radius 1 is 0.955 bits per heavy atom. The van der Waals surface area contributed by atoms with E-state index >= 15 is 0 Å². The van der Waals surface area contributed by atoms with Gasteiger partial charge < -0.3 is 10.2 Å². The van der Waals surface area contributed by atoms with Crippen LogP contribution in [-0.2, 0) is 16.2 Å². The summed E-state index contributed by atoms with van der Waals surface area (Å²) in [5, 5.41) is 2.45. The van der Waals surface area contributed by atoms with Crippen molar-refractivity contribution in [3.8, 4) is 0 Å². The van der Waals surface area contributed by atoms with Crippen LogP contribution in [-0.4, -0.2) is 18.3 Å². The van der Waals surface area contributed by atoms with Crippen molar-refractivity contribution in [2.75, 3.05) is 0 Å². The lowest BCUT2D eigenvalue weighted by atomic mass is 10.0. The van der Waals surface area contributed by atoms with E-state index in [4.69, 9.17) is 0 Å². The van der Waals surface area contributed by atoms with E-state index in [-0.39, 0.29) is 18.7 Å². The number of benzene rings is 2. The lowest BCUT2D eigenvalue weighted by Crippen LogP contribution is -2.29. The molecule has 0 fully saturated rings. The van der Waals surface area contributed by atoms with Crippen molar-refractivity contribution < 1.29 is 19.2 Å². The molecule has 2 aromatic carbocycles. The lowest BCUT2D eigenvalue weighted by Gasteiger charge is -2.06. The van der Waals surface area contributed by atoms with Crippen LogP contribution in [0.25, 0.3) is 0 Å². The quantitative estimate of drug-likeness (QED) is 0.484. The molecule has 0 aliphatic carbocycles. The van der Waals surface area contributed by atoms with Gasteiger partial charge in [0.15, 0.2) is 5.78 Å². The second kappa shape index (κ2) is 7.58. The van der Waals surface area contributed by atoms with E-state index < -0.39 is 6.09 Å². The number of hydrogen-bond acceptors (Lipinski definition) is 4. The zero-order valence-corrected chi connectivity index (χ0v) is 11.6. The normalized spacial score (nSPS) is 9.64. The van der Waals surface area contributed by atoms with E-state index in [0.717, 1.165) is 5.56 Å². The number of nitrogens with one attached hydrogen (secondary N) is 2. The van der Waals surface area contributed by atoms with Crippen molar-refractivity contribution in [1.29, 1.82) is 0 Å². The highest BCUT2D eigenvalue weighted by atomic mass is 16.7. The van der Waals surface area contributed by atoms with Crippen LogP contribution in [0.3, 0.4) is 0 Å². The van der Waals surface area contributed by atoms with E-state index in [0.29, 0.717) is 11.1 Å². The molecule has 0 saturated heterocycles. The first kappa shape index (κ1) is 15.2. The van der Waals surface area contributed by atoms with Crippen molar-refractivity contribution in [2.45, 2.75) is 6.54 Å². The summed E-state index contributed by atoms with van der Waals surface area (Å²) in [6, 6.07) is 15.9. The molecule has 2 amide bonds. The Labute approximate surface area is 127 Å². The first-order valence-electron chi connectivity index (χ1n) is 6.53. The first-order chi connectivity index (χ1) is 10.7. The molecule has 0 aliphatic heterocycles. The van der Waals surface area contributed by atoms with Crippen molar-refractivity contribution in [3.05, 3.63) is 71.3 Å². The molecule has 0 saturated carbocycles. The van der Waals surface area contributed by atoms with E-state index in [1.807, 2.05) is 18.2 Å². The summed E-state index contributed by atoms with van der Waals surface area (Å²) in [5.41, 5.74) is 3.78. The molecular weight excluding hydrogens is 284 g/mol. The smallest absolute Gasteiger partial charge is 0.322 e. The maximum absolute atomic E-state index is 12.2. The highest BCUT2D eigenvalue weighted by Crippen LogP contribution is 2.11. The van der Waals surface area contributed by atoms with Crippen molar-refractivity contribution >= 4 is 18.3 Å². The summed E-state index contributed by atoms with van der Waals surface area (Å²) < 4.78 is 0. The van der Waals surface area contributed by atoms with Crippen molar-refractivity contribution in [2.24, 2.45) is 0 Å². The molecule has 0 radical (unpaired) electrons. The van der Waals surface area contributed by atoms with E-state index in [1.54, 1.807) is 41.9 Å². The van der Waals surface area contributed by atoms with E-state index in [1.165, 1.54) is 0 Å². The molecule has 22 heavy (non-hydrogen) atoms. The monoisotopic (exact) mass is 298 g/mol. The molecule has 0 aliphatic rings. The standard InChI is InChI=1S/C16H14N2O4/c19-11-18-22-16(21)17-10-12-6-8-14(9-7-12)15(20)13-4-2-1-3-5-13/h1-9,11H,10H2,(H,17,21)(H,18,19). The van der Waals surface area contributed by atoms with Crippen LogP contribution in [0.4, 0.5) is 4.79 Å². The fourth-order valence-electron chi connectivity index (χ4n) is 1.82. The number of hydrogen-bond donors (Lipinski definition) is 2. The van der Waals surface area contributed by atoms with Crippen molar-refractivity contribution in [1.82, 2.24) is 10.8 Å². The van der Waals surface area contributed by atoms with Gasteiger partial charge in [-0.2, -0.15) is 5.48 Å².